The van der Waals surface area contributed by atoms with Gasteiger partial charge < -0.3 is 19.5 Å². The van der Waals surface area contributed by atoms with Crippen LogP contribution in [0.3, 0.4) is 0 Å². The predicted octanol–water partition coefficient (Wildman–Crippen LogP) is 0.999. The number of hydrogen-bond acceptors (Lipinski definition) is 6. The van der Waals surface area contributed by atoms with E-state index in [0.717, 1.165) is 23.5 Å². The molecule has 0 radical (unpaired) electrons. The number of benzene rings is 1. The van der Waals surface area contributed by atoms with Crippen LogP contribution in [-0.4, -0.2) is 32.4 Å². The topological polar surface area (TPSA) is 76.1 Å². The number of anilines is 1. The first-order chi connectivity index (χ1) is 10.6. The largest absolute Gasteiger partial charge is 0.502 e. The number of methoxy groups -OCH3 is 2. The summed E-state index contributed by atoms with van der Waals surface area (Å²) in [6.07, 6.45) is 0.807. The Bertz CT molecular complexity index is 775. The minimum Gasteiger partial charge on any atom is -0.502 e. The van der Waals surface area contributed by atoms with E-state index in [1.54, 1.807) is 19.1 Å². The lowest BCUT2D eigenvalue weighted by atomic mass is 9.97. The van der Waals surface area contributed by atoms with E-state index in [9.17, 15) is 14.7 Å². The lowest BCUT2D eigenvalue weighted by molar-refractivity contribution is 0.396. The molecule has 3 rings (SSSR count). The van der Waals surface area contributed by atoms with E-state index in [1.165, 1.54) is 0 Å². The second kappa shape index (κ2) is 5.36. The van der Waals surface area contributed by atoms with E-state index < -0.39 is 16.6 Å². The average molecular weight is 303 g/mol. The molecule has 2 aromatic rings. The van der Waals surface area contributed by atoms with Crippen LogP contribution in [0.2, 0.25) is 0 Å². The first-order valence-electron chi connectivity index (χ1n) is 7.06. The molecule has 0 bridgehead atoms. The third kappa shape index (κ3) is 2.11. The van der Waals surface area contributed by atoms with Crippen molar-refractivity contribution in [3.05, 3.63) is 44.2 Å². The van der Waals surface area contributed by atoms with Gasteiger partial charge in [0.2, 0.25) is 0 Å². The predicted molar refractivity (Wildman–Crippen MR) is 82.1 cm³/mol. The molecule has 0 amide bonds. The minimum absolute atomic E-state index is 0.147. The Kier molecular flexibility index (Phi) is 3.52. The van der Waals surface area contributed by atoms with Gasteiger partial charge in [0.15, 0.2) is 5.75 Å². The second-order valence-corrected chi connectivity index (χ2v) is 5.39. The number of aromatic hydroxyl groups is 1. The molecule has 0 saturated carbocycles. The minimum atomic E-state index is -0.794. The second-order valence-electron chi connectivity index (χ2n) is 5.39. The zero-order valence-corrected chi connectivity index (χ0v) is 12.5. The summed E-state index contributed by atoms with van der Waals surface area (Å²) in [5, 5.41) is 9.57. The van der Waals surface area contributed by atoms with Crippen molar-refractivity contribution in [1.29, 1.82) is 0 Å². The SMILES string of the molecule is COc1ccc(OC)c([C@H]2CCN(c3c(O)c(=O)c3=O)C2)c1. The highest BCUT2D eigenvalue weighted by molar-refractivity contribution is 5.64. The first-order valence-corrected chi connectivity index (χ1v) is 7.06. The summed E-state index contributed by atoms with van der Waals surface area (Å²) in [6, 6.07) is 5.61. The number of ether oxygens (including phenoxy) is 2. The van der Waals surface area contributed by atoms with Crippen LogP contribution in [0.4, 0.5) is 5.69 Å². The third-order valence-electron chi connectivity index (χ3n) is 4.24. The molecule has 1 aliphatic rings. The zero-order valence-electron chi connectivity index (χ0n) is 12.5. The van der Waals surface area contributed by atoms with Crippen molar-refractivity contribution in [2.45, 2.75) is 12.3 Å². The molecule has 6 nitrogen and oxygen atoms in total. The van der Waals surface area contributed by atoms with Crippen molar-refractivity contribution in [2.24, 2.45) is 0 Å². The van der Waals surface area contributed by atoms with Crippen molar-refractivity contribution in [3.8, 4) is 17.2 Å². The Labute approximate surface area is 127 Å². The fourth-order valence-corrected chi connectivity index (χ4v) is 3.04. The normalized spacial score (nSPS) is 17.9. The van der Waals surface area contributed by atoms with E-state index in [4.69, 9.17) is 9.47 Å². The third-order valence-corrected chi connectivity index (χ3v) is 4.24. The Morgan fingerprint density at radius 3 is 2.59 bits per heavy atom. The van der Waals surface area contributed by atoms with Crippen LogP contribution in [0.25, 0.3) is 0 Å². The summed E-state index contributed by atoms with van der Waals surface area (Å²) >= 11 is 0. The molecule has 1 aliphatic heterocycles. The molecule has 1 heterocycles. The highest BCUT2D eigenvalue weighted by Gasteiger charge is 2.33. The highest BCUT2D eigenvalue weighted by atomic mass is 16.5. The van der Waals surface area contributed by atoms with Crippen LogP contribution in [0, 0.1) is 0 Å². The summed E-state index contributed by atoms with van der Waals surface area (Å²) in [7, 11) is 3.22. The lowest BCUT2D eigenvalue weighted by Crippen LogP contribution is -2.38. The van der Waals surface area contributed by atoms with Crippen LogP contribution in [0.1, 0.15) is 17.9 Å². The zero-order chi connectivity index (χ0) is 15.9. The van der Waals surface area contributed by atoms with Gasteiger partial charge in [0.05, 0.1) is 14.2 Å². The Hall–Kier alpha value is -2.50. The molecule has 0 aromatic heterocycles. The Morgan fingerprint density at radius 2 is 1.95 bits per heavy atom. The van der Waals surface area contributed by atoms with Crippen LogP contribution < -0.4 is 25.2 Å². The molecule has 6 heteroatoms. The summed E-state index contributed by atoms with van der Waals surface area (Å²) in [5.41, 5.74) is -0.245. The highest BCUT2D eigenvalue weighted by Crippen LogP contribution is 2.38. The van der Waals surface area contributed by atoms with Crippen molar-refractivity contribution in [2.75, 3.05) is 32.2 Å². The first kappa shape index (κ1) is 14.4. The molecule has 1 saturated heterocycles. The van der Waals surface area contributed by atoms with Crippen molar-refractivity contribution >= 4 is 5.69 Å². The van der Waals surface area contributed by atoms with Crippen LogP contribution in [-0.2, 0) is 0 Å². The summed E-state index contributed by atoms with van der Waals surface area (Å²) in [6.45, 7) is 1.17. The number of hydrogen-bond donors (Lipinski definition) is 1. The molecule has 116 valence electrons. The lowest BCUT2D eigenvalue weighted by Gasteiger charge is -2.21. The van der Waals surface area contributed by atoms with Crippen LogP contribution in [0.5, 0.6) is 17.2 Å². The van der Waals surface area contributed by atoms with E-state index in [0.29, 0.717) is 13.1 Å². The molecule has 2 aromatic carbocycles. The standard InChI is InChI=1S/C16H17NO5/c1-21-10-3-4-12(22-2)11(7-10)9-5-6-17(8-9)13-14(18)16(20)15(13)19/h3-4,7,9,18H,5-6,8H2,1-2H3/t9-/m0/s1. The molecular weight excluding hydrogens is 286 g/mol. The number of rotatable bonds is 4. The quantitative estimate of drug-likeness (QED) is 0.849. The number of nitrogens with zero attached hydrogens (tertiary/aromatic N) is 1. The molecule has 22 heavy (non-hydrogen) atoms. The fourth-order valence-electron chi connectivity index (χ4n) is 3.04. The van der Waals surface area contributed by atoms with Gasteiger partial charge in [-0.3, -0.25) is 9.59 Å². The Morgan fingerprint density at radius 1 is 1.18 bits per heavy atom. The molecule has 1 atom stereocenters. The van der Waals surface area contributed by atoms with Gasteiger partial charge in [-0.15, -0.1) is 0 Å². The fraction of sp³-hybridized carbons (Fsp3) is 0.375. The maximum Gasteiger partial charge on any atom is 0.271 e. The van der Waals surface area contributed by atoms with Crippen LogP contribution >= 0.6 is 0 Å². The van der Waals surface area contributed by atoms with Gasteiger partial charge in [0.25, 0.3) is 10.9 Å². The monoisotopic (exact) mass is 303 g/mol. The van der Waals surface area contributed by atoms with E-state index >= 15 is 0 Å². The van der Waals surface area contributed by atoms with Gasteiger partial charge in [-0.2, -0.15) is 0 Å². The van der Waals surface area contributed by atoms with Crippen molar-refractivity contribution in [1.82, 2.24) is 0 Å². The van der Waals surface area contributed by atoms with E-state index in [1.807, 2.05) is 18.2 Å². The maximum absolute atomic E-state index is 11.6. The van der Waals surface area contributed by atoms with Crippen molar-refractivity contribution < 1.29 is 14.6 Å². The molecule has 1 fully saturated rings. The van der Waals surface area contributed by atoms with Gasteiger partial charge in [0, 0.05) is 24.6 Å². The van der Waals surface area contributed by atoms with Gasteiger partial charge in [-0.1, -0.05) is 0 Å². The van der Waals surface area contributed by atoms with Crippen molar-refractivity contribution in [3.63, 3.8) is 0 Å². The van der Waals surface area contributed by atoms with Gasteiger partial charge >= 0.3 is 0 Å². The van der Waals surface area contributed by atoms with Gasteiger partial charge in [-0.25, -0.2) is 0 Å². The molecule has 1 N–H and O–H groups in total. The van der Waals surface area contributed by atoms with E-state index in [-0.39, 0.29) is 11.6 Å². The summed E-state index contributed by atoms with van der Waals surface area (Å²) in [4.78, 5) is 24.5. The smallest absolute Gasteiger partial charge is 0.271 e. The van der Waals surface area contributed by atoms with Gasteiger partial charge in [-0.05, 0) is 24.6 Å². The van der Waals surface area contributed by atoms with Crippen LogP contribution in [0.15, 0.2) is 27.8 Å². The van der Waals surface area contributed by atoms with Gasteiger partial charge in [0.1, 0.15) is 17.2 Å². The Balaban J connectivity index is 1.87. The average Bonchev–Trinajstić information content (AvgIpc) is 3.03. The maximum atomic E-state index is 11.6. The summed E-state index contributed by atoms with van der Waals surface area (Å²) < 4.78 is 10.6. The molecule has 0 unspecified atom stereocenters. The molecule has 0 spiro atoms. The summed E-state index contributed by atoms with van der Waals surface area (Å²) in [5.74, 6) is 1.24. The molecular formula is C16H17NO5. The molecule has 0 aliphatic carbocycles. The van der Waals surface area contributed by atoms with E-state index in [2.05, 4.69) is 0 Å².